The molecule has 1 aromatic rings. The van der Waals surface area contributed by atoms with Gasteiger partial charge in [0.25, 0.3) is 5.91 Å². The van der Waals surface area contributed by atoms with E-state index in [1.807, 2.05) is 6.92 Å². The van der Waals surface area contributed by atoms with E-state index in [1.54, 1.807) is 19.9 Å². The lowest BCUT2D eigenvalue weighted by molar-refractivity contribution is 0.0927. The molecule has 23 heavy (non-hydrogen) atoms. The summed E-state index contributed by atoms with van der Waals surface area (Å²) >= 11 is 0. The minimum absolute atomic E-state index is 0.130. The summed E-state index contributed by atoms with van der Waals surface area (Å²) in [6.45, 7) is 5.35. The Bertz CT molecular complexity index is 662. The number of carbonyl (C=O) groups excluding carboxylic acids is 1. The van der Waals surface area contributed by atoms with Gasteiger partial charge >= 0.3 is 0 Å². The van der Waals surface area contributed by atoms with E-state index in [0.29, 0.717) is 5.56 Å². The normalized spacial score (nSPS) is 16.5. The zero-order valence-corrected chi connectivity index (χ0v) is 14.9. The first-order valence-corrected chi connectivity index (χ1v) is 9.72. The molecule has 6 heteroatoms. The zero-order chi connectivity index (χ0) is 17.0. The Morgan fingerprint density at radius 2 is 1.83 bits per heavy atom. The monoisotopic (exact) mass is 338 g/mol. The summed E-state index contributed by atoms with van der Waals surface area (Å²) in [5.74, 6) is -0.184. The largest absolute Gasteiger partial charge is 0.349 e. The SMILES string of the molecule is Cc1ccc(S(=O)(=O)NC(C)C)cc1C(=O)NC1CCCCC1. The molecule has 0 spiro atoms. The Balaban J connectivity index is 2.21. The first kappa shape index (κ1) is 17.9. The second-order valence-electron chi connectivity index (χ2n) is 6.56. The van der Waals surface area contributed by atoms with Crippen LogP contribution in [-0.4, -0.2) is 26.4 Å². The Hall–Kier alpha value is -1.40. The van der Waals surface area contributed by atoms with E-state index in [2.05, 4.69) is 10.0 Å². The molecule has 0 bridgehead atoms. The molecular weight excluding hydrogens is 312 g/mol. The third kappa shape index (κ3) is 4.78. The fraction of sp³-hybridized carbons (Fsp3) is 0.588. The van der Waals surface area contributed by atoms with E-state index in [-0.39, 0.29) is 22.9 Å². The van der Waals surface area contributed by atoms with Crippen molar-refractivity contribution in [1.29, 1.82) is 0 Å². The Labute approximate surface area is 138 Å². The molecule has 0 heterocycles. The molecule has 0 aliphatic heterocycles. The number of nitrogens with one attached hydrogen (secondary N) is 2. The van der Waals surface area contributed by atoms with Gasteiger partial charge in [-0.25, -0.2) is 13.1 Å². The maximum absolute atomic E-state index is 12.5. The van der Waals surface area contributed by atoms with Gasteiger partial charge in [-0.2, -0.15) is 0 Å². The fourth-order valence-electron chi connectivity index (χ4n) is 2.90. The molecule has 1 aromatic carbocycles. The quantitative estimate of drug-likeness (QED) is 0.867. The third-order valence-corrected chi connectivity index (χ3v) is 5.75. The van der Waals surface area contributed by atoms with Gasteiger partial charge in [0.2, 0.25) is 10.0 Å². The predicted molar refractivity (Wildman–Crippen MR) is 91.0 cm³/mol. The first-order valence-electron chi connectivity index (χ1n) is 8.23. The van der Waals surface area contributed by atoms with Crippen LogP contribution in [-0.2, 0) is 10.0 Å². The van der Waals surface area contributed by atoms with Crippen LogP contribution in [0.5, 0.6) is 0 Å². The van der Waals surface area contributed by atoms with Crippen LogP contribution < -0.4 is 10.0 Å². The number of sulfonamides is 1. The van der Waals surface area contributed by atoms with Crippen LogP contribution in [0.15, 0.2) is 23.1 Å². The first-order chi connectivity index (χ1) is 10.8. The number of rotatable bonds is 5. The highest BCUT2D eigenvalue weighted by Gasteiger charge is 2.21. The Morgan fingerprint density at radius 1 is 1.17 bits per heavy atom. The summed E-state index contributed by atoms with van der Waals surface area (Å²) in [4.78, 5) is 12.6. The van der Waals surface area contributed by atoms with Crippen LogP contribution >= 0.6 is 0 Å². The van der Waals surface area contributed by atoms with Crippen LogP contribution in [0.3, 0.4) is 0 Å². The Kier molecular flexibility index (Phi) is 5.81. The number of hydrogen-bond acceptors (Lipinski definition) is 3. The van der Waals surface area contributed by atoms with Crippen molar-refractivity contribution in [1.82, 2.24) is 10.0 Å². The summed E-state index contributed by atoms with van der Waals surface area (Å²) in [7, 11) is -3.60. The molecule has 0 radical (unpaired) electrons. The highest BCUT2D eigenvalue weighted by Crippen LogP contribution is 2.20. The molecule has 2 rings (SSSR count). The maximum Gasteiger partial charge on any atom is 0.251 e. The van der Waals surface area contributed by atoms with Gasteiger partial charge in [0.1, 0.15) is 0 Å². The molecular formula is C17H26N2O3S. The number of aryl methyl sites for hydroxylation is 1. The van der Waals surface area contributed by atoms with Crippen molar-refractivity contribution in [3.63, 3.8) is 0 Å². The molecule has 1 amide bonds. The van der Waals surface area contributed by atoms with Gasteiger partial charge in [-0.15, -0.1) is 0 Å². The van der Waals surface area contributed by atoms with E-state index in [1.165, 1.54) is 18.6 Å². The minimum atomic E-state index is -3.60. The van der Waals surface area contributed by atoms with Gasteiger partial charge in [-0.3, -0.25) is 4.79 Å². The van der Waals surface area contributed by atoms with E-state index < -0.39 is 10.0 Å². The van der Waals surface area contributed by atoms with Crippen LogP contribution in [0.2, 0.25) is 0 Å². The van der Waals surface area contributed by atoms with Gasteiger partial charge < -0.3 is 5.32 Å². The van der Waals surface area contributed by atoms with Crippen molar-refractivity contribution < 1.29 is 13.2 Å². The van der Waals surface area contributed by atoms with Crippen molar-refractivity contribution >= 4 is 15.9 Å². The van der Waals surface area contributed by atoms with E-state index >= 15 is 0 Å². The molecule has 0 atom stereocenters. The minimum Gasteiger partial charge on any atom is -0.349 e. The molecule has 0 unspecified atom stereocenters. The van der Waals surface area contributed by atoms with Crippen molar-refractivity contribution in [2.45, 2.75) is 69.9 Å². The van der Waals surface area contributed by atoms with Gasteiger partial charge in [0.15, 0.2) is 0 Å². The number of carbonyl (C=O) groups is 1. The molecule has 1 aliphatic rings. The van der Waals surface area contributed by atoms with Crippen molar-refractivity contribution in [3.05, 3.63) is 29.3 Å². The number of amides is 1. The summed E-state index contributed by atoms with van der Waals surface area (Å²) in [5, 5.41) is 3.04. The predicted octanol–water partition coefficient (Wildman–Crippen LogP) is 2.74. The third-order valence-electron chi connectivity index (χ3n) is 4.10. The standard InChI is InChI=1S/C17H26N2O3S/c1-12(2)19-23(21,22)15-10-9-13(3)16(11-15)17(20)18-14-7-5-4-6-8-14/h9-12,14,19H,4-8H2,1-3H3,(H,18,20). The maximum atomic E-state index is 12.5. The molecule has 5 nitrogen and oxygen atoms in total. The second-order valence-corrected chi connectivity index (χ2v) is 8.28. The molecule has 1 aliphatic carbocycles. The molecule has 1 saturated carbocycles. The van der Waals surface area contributed by atoms with Gasteiger partial charge in [-0.05, 0) is 51.3 Å². The lowest BCUT2D eigenvalue weighted by atomic mass is 9.95. The summed E-state index contributed by atoms with van der Waals surface area (Å²) in [6.07, 6.45) is 5.49. The topological polar surface area (TPSA) is 75.3 Å². The highest BCUT2D eigenvalue weighted by atomic mass is 32.2. The summed E-state index contributed by atoms with van der Waals surface area (Å²) in [5.41, 5.74) is 1.21. The van der Waals surface area contributed by atoms with Crippen LogP contribution in [0, 0.1) is 6.92 Å². The molecule has 1 fully saturated rings. The van der Waals surface area contributed by atoms with Crippen LogP contribution in [0.4, 0.5) is 0 Å². The summed E-state index contributed by atoms with van der Waals surface area (Å²) in [6, 6.07) is 4.70. The van der Waals surface area contributed by atoms with E-state index in [0.717, 1.165) is 31.2 Å². The average Bonchev–Trinajstić information content (AvgIpc) is 2.47. The lowest BCUT2D eigenvalue weighted by Crippen LogP contribution is -2.36. The van der Waals surface area contributed by atoms with Crippen molar-refractivity contribution in [2.75, 3.05) is 0 Å². The molecule has 0 saturated heterocycles. The van der Waals surface area contributed by atoms with Gasteiger partial charge in [-0.1, -0.05) is 25.3 Å². The van der Waals surface area contributed by atoms with Gasteiger partial charge in [0, 0.05) is 17.6 Å². The van der Waals surface area contributed by atoms with Gasteiger partial charge in [0.05, 0.1) is 4.90 Å². The second kappa shape index (κ2) is 7.45. The Morgan fingerprint density at radius 3 is 2.43 bits per heavy atom. The lowest BCUT2D eigenvalue weighted by Gasteiger charge is -2.23. The van der Waals surface area contributed by atoms with E-state index in [9.17, 15) is 13.2 Å². The fourth-order valence-corrected chi connectivity index (χ4v) is 4.18. The zero-order valence-electron chi connectivity index (χ0n) is 14.1. The van der Waals surface area contributed by atoms with Crippen molar-refractivity contribution in [2.24, 2.45) is 0 Å². The number of benzene rings is 1. The summed E-state index contributed by atoms with van der Waals surface area (Å²) < 4.78 is 27.1. The number of hydrogen-bond donors (Lipinski definition) is 2. The average molecular weight is 338 g/mol. The highest BCUT2D eigenvalue weighted by molar-refractivity contribution is 7.89. The molecule has 128 valence electrons. The van der Waals surface area contributed by atoms with Crippen LogP contribution in [0.1, 0.15) is 61.9 Å². The molecule has 0 aromatic heterocycles. The molecule has 2 N–H and O–H groups in total. The van der Waals surface area contributed by atoms with Crippen LogP contribution in [0.25, 0.3) is 0 Å². The van der Waals surface area contributed by atoms with E-state index in [4.69, 9.17) is 0 Å². The smallest absolute Gasteiger partial charge is 0.251 e. The van der Waals surface area contributed by atoms with Crippen molar-refractivity contribution in [3.8, 4) is 0 Å².